The highest BCUT2D eigenvalue weighted by molar-refractivity contribution is 6.39. The Kier molecular flexibility index (Phi) is 8.00. The number of nitrogens with one attached hydrogen (secondary N) is 2. The summed E-state index contributed by atoms with van der Waals surface area (Å²) in [5, 5.41) is 6.70. The SMILES string of the molecule is COc1cc(/C=N/NC(=O)C(=O)Nc2ccc(C)c(Cl)c2)ccc1OC(=O)c1ccccc1C. The van der Waals surface area contributed by atoms with E-state index >= 15 is 0 Å². The van der Waals surface area contributed by atoms with Gasteiger partial charge in [-0.1, -0.05) is 35.9 Å². The van der Waals surface area contributed by atoms with Gasteiger partial charge in [-0.3, -0.25) is 9.59 Å². The van der Waals surface area contributed by atoms with E-state index in [1.54, 1.807) is 48.5 Å². The van der Waals surface area contributed by atoms with Crippen LogP contribution in [0.3, 0.4) is 0 Å². The minimum Gasteiger partial charge on any atom is -0.493 e. The van der Waals surface area contributed by atoms with Crippen LogP contribution in [0.2, 0.25) is 5.02 Å². The predicted octanol–water partition coefficient (Wildman–Crippen LogP) is 4.27. The number of hydrazone groups is 1. The first-order chi connectivity index (χ1) is 16.3. The van der Waals surface area contributed by atoms with Crippen molar-refractivity contribution in [2.24, 2.45) is 5.10 Å². The number of methoxy groups -OCH3 is 1. The van der Waals surface area contributed by atoms with Crippen molar-refractivity contribution in [3.8, 4) is 11.5 Å². The van der Waals surface area contributed by atoms with Crippen LogP contribution >= 0.6 is 11.6 Å². The minimum atomic E-state index is -0.955. The number of halogens is 1. The summed E-state index contributed by atoms with van der Waals surface area (Å²) < 4.78 is 10.8. The van der Waals surface area contributed by atoms with Gasteiger partial charge in [0.15, 0.2) is 11.5 Å². The van der Waals surface area contributed by atoms with Crippen LogP contribution in [0, 0.1) is 13.8 Å². The van der Waals surface area contributed by atoms with E-state index < -0.39 is 17.8 Å². The zero-order valence-electron chi connectivity index (χ0n) is 18.7. The van der Waals surface area contributed by atoms with Gasteiger partial charge >= 0.3 is 17.8 Å². The molecule has 0 aliphatic heterocycles. The Labute approximate surface area is 201 Å². The summed E-state index contributed by atoms with van der Waals surface area (Å²) in [4.78, 5) is 36.5. The number of carbonyl (C=O) groups excluding carboxylic acids is 3. The highest BCUT2D eigenvalue weighted by Gasteiger charge is 2.15. The molecule has 3 aromatic rings. The number of nitrogens with zero attached hydrogens (tertiary/aromatic N) is 1. The summed E-state index contributed by atoms with van der Waals surface area (Å²) in [5.41, 5.74) is 5.17. The molecule has 0 radical (unpaired) electrons. The van der Waals surface area contributed by atoms with Crippen molar-refractivity contribution in [2.75, 3.05) is 12.4 Å². The van der Waals surface area contributed by atoms with Gasteiger partial charge < -0.3 is 14.8 Å². The maximum absolute atomic E-state index is 12.5. The molecule has 0 heterocycles. The first-order valence-electron chi connectivity index (χ1n) is 10.1. The molecule has 0 aromatic heterocycles. The van der Waals surface area contributed by atoms with Crippen LogP contribution in [-0.4, -0.2) is 31.1 Å². The van der Waals surface area contributed by atoms with Gasteiger partial charge in [-0.05, 0) is 66.9 Å². The number of esters is 1. The van der Waals surface area contributed by atoms with Gasteiger partial charge in [0.2, 0.25) is 0 Å². The molecule has 0 saturated carbocycles. The number of carbonyl (C=O) groups is 3. The Balaban J connectivity index is 1.61. The first kappa shape index (κ1) is 24.5. The van der Waals surface area contributed by atoms with Crippen molar-refractivity contribution in [1.82, 2.24) is 5.43 Å². The largest absolute Gasteiger partial charge is 0.493 e. The molecular formula is C25H22ClN3O5. The molecule has 8 nitrogen and oxygen atoms in total. The number of amides is 2. The van der Waals surface area contributed by atoms with E-state index in [1.807, 2.05) is 26.0 Å². The molecule has 9 heteroatoms. The lowest BCUT2D eigenvalue weighted by atomic mass is 10.1. The van der Waals surface area contributed by atoms with Gasteiger partial charge in [0.1, 0.15) is 0 Å². The van der Waals surface area contributed by atoms with E-state index in [2.05, 4.69) is 15.8 Å². The third-order valence-electron chi connectivity index (χ3n) is 4.77. The summed E-state index contributed by atoms with van der Waals surface area (Å²) in [5.74, 6) is -1.83. The topological polar surface area (TPSA) is 106 Å². The van der Waals surface area contributed by atoms with Gasteiger partial charge in [-0.2, -0.15) is 5.10 Å². The highest BCUT2D eigenvalue weighted by atomic mass is 35.5. The standard InChI is InChI=1S/C25H22ClN3O5/c1-15-6-4-5-7-19(15)25(32)34-21-11-9-17(12-22(21)33-3)14-27-29-24(31)23(30)28-18-10-8-16(2)20(26)13-18/h4-14H,1-3H3,(H,28,30)(H,29,31)/b27-14+. The summed E-state index contributed by atoms with van der Waals surface area (Å²) in [6.07, 6.45) is 1.32. The lowest BCUT2D eigenvalue weighted by Crippen LogP contribution is -2.32. The number of benzene rings is 3. The molecular weight excluding hydrogens is 458 g/mol. The van der Waals surface area contributed by atoms with Gasteiger partial charge in [-0.25, -0.2) is 10.2 Å². The second-order valence-corrected chi connectivity index (χ2v) is 7.64. The average Bonchev–Trinajstić information content (AvgIpc) is 2.82. The molecule has 34 heavy (non-hydrogen) atoms. The molecule has 2 amide bonds. The zero-order chi connectivity index (χ0) is 24.7. The van der Waals surface area contributed by atoms with Crippen molar-refractivity contribution in [3.63, 3.8) is 0 Å². The second kappa shape index (κ2) is 11.1. The van der Waals surface area contributed by atoms with Gasteiger partial charge in [-0.15, -0.1) is 0 Å². The van der Waals surface area contributed by atoms with E-state index in [0.717, 1.165) is 11.1 Å². The molecule has 0 saturated heterocycles. The number of rotatable bonds is 6. The van der Waals surface area contributed by atoms with Crippen molar-refractivity contribution in [1.29, 1.82) is 0 Å². The van der Waals surface area contributed by atoms with Crippen LogP contribution in [0.15, 0.2) is 65.8 Å². The second-order valence-electron chi connectivity index (χ2n) is 7.23. The molecule has 3 rings (SSSR count). The quantitative estimate of drug-likeness (QED) is 0.180. The normalized spacial score (nSPS) is 10.6. The van der Waals surface area contributed by atoms with E-state index in [9.17, 15) is 14.4 Å². The smallest absolute Gasteiger partial charge is 0.343 e. The third-order valence-corrected chi connectivity index (χ3v) is 5.18. The number of hydrogen-bond acceptors (Lipinski definition) is 6. The Morgan fingerprint density at radius 1 is 0.912 bits per heavy atom. The number of aryl methyl sites for hydroxylation is 2. The Hall–Kier alpha value is -4.17. The van der Waals surface area contributed by atoms with Crippen molar-refractivity contribution >= 4 is 41.3 Å². The minimum absolute atomic E-state index is 0.230. The summed E-state index contributed by atoms with van der Waals surface area (Å²) in [6.45, 7) is 3.64. The number of ether oxygens (including phenoxy) is 2. The molecule has 0 spiro atoms. The summed E-state index contributed by atoms with van der Waals surface area (Å²) in [7, 11) is 1.44. The fourth-order valence-corrected chi connectivity index (χ4v) is 3.06. The first-order valence-corrected chi connectivity index (χ1v) is 10.5. The number of hydrogen-bond donors (Lipinski definition) is 2. The highest BCUT2D eigenvalue weighted by Crippen LogP contribution is 2.28. The Morgan fingerprint density at radius 2 is 1.68 bits per heavy atom. The maximum atomic E-state index is 12.5. The molecule has 0 atom stereocenters. The fourth-order valence-electron chi connectivity index (χ4n) is 2.88. The van der Waals surface area contributed by atoms with E-state index in [-0.39, 0.29) is 5.75 Å². The van der Waals surface area contributed by atoms with Gasteiger partial charge in [0.25, 0.3) is 0 Å². The molecule has 2 N–H and O–H groups in total. The van der Waals surface area contributed by atoms with E-state index in [1.165, 1.54) is 13.3 Å². The van der Waals surface area contributed by atoms with Crippen LogP contribution in [-0.2, 0) is 9.59 Å². The van der Waals surface area contributed by atoms with Crippen molar-refractivity contribution in [3.05, 3.63) is 87.9 Å². The van der Waals surface area contributed by atoms with Crippen molar-refractivity contribution < 1.29 is 23.9 Å². The summed E-state index contributed by atoms with van der Waals surface area (Å²) in [6, 6.07) is 16.7. The molecule has 0 unspecified atom stereocenters. The van der Waals surface area contributed by atoms with Gasteiger partial charge in [0, 0.05) is 10.7 Å². The predicted molar refractivity (Wildman–Crippen MR) is 130 cm³/mol. The molecule has 3 aromatic carbocycles. The Morgan fingerprint density at radius 3 is 2.38 bits per heavy atom. The van der Waals surface area contributed by atoms with Crippen LogP contribution in [0.1, 0.15) is 27.0 Å². The lowest BCUT2D eigenvalue weighted by Gasteiger charge is -2.11. The summed E-state index contributed by atoms with van der Waals surface area (Å²) >= 11 is 6.02. The zero-order valence-corrected chi connectivity index (χ0v) is 19.5. The molecule has 0 fully saturated rings. The van der Waals surface area contributed by atoms with Crippen LogP contribution in [0.5, 0.6) is 11.5 Å². The van der Waals surface area contributed by atoms with Crippen LogP contribution < -0.4 is 20.2 Å². The van der Waals surface area contributed by atoms with E-state index in [0.29, 0.717) is 27.6 Å². The molecule has 0 aliphatic carbocycles. The monoisotopic (exact) mass is 479 g/mol. The van der Waals surface area contributed by atoms with Crippen LogP contribution in [0.4, 0.5) is 5.69 Å². The van der Waals surface area contributed by atoms with Crippen LogP contribution in [0.25, 0.3) is 0 Å². The average molecular weight is 480 g/mol. The fraction of sp³-hybridized carbons (Fsp3) is 0.120. The van der Waals surface area contributed by atoms with Crippen molar-refractivity contribution in [2.45, 2.75) is 13.8 Å². The lowest BCUT2D eigenvalue weighted by molar-refractivity contribution is -0.136. The molecule has 0 bridgehead atoms. The maximum Gasteiger partial charge on any atom is 0.343 e. The Bertz CT molecular complexity index is 1270. The molecule has 174 valence electrons. The van der Waals surface area contributed by atoms with E-state index in [4.69, 9.17) is 21.1 Å². The van der Waals surface area contributed by atoms with Gasteiger partial charge in [0.05, 0.1) is 18.9 Å². The molecule has 0 aliphatic rings. The third kappa shape index (κ3) is 6.20. The number of anilines is 1.